The Morgan fingerprint density at radius 1 is 1.06 bits per heavy atom. The molecule has 0 bridgehead atoms. The van der Waals surface area contributed by atoms with Crippen LogP contribution in [-0.2, 0) is 27.3 Å². The number of benzene rings is 2. The number of hydrogen-bond acceptors (Lipinski definition) is 4. The zero-order chi connectivity index (χ0) is 25.6. The average Bonchev–Trinajstić information content (AvgIpc) is 2.83. The fourth-order valence-corrected chi connectivity index (χ4v) is 4.97. The number of carbonyl (C=O) groups excluding carboxylic acids is 1. The highest BCUT2D eigenvalue weighted by atomic mass is 16.6. The molecule has 1 amide bonds. The monoisotopic (exact) mass is 481 g/mol. The number of amides is 1. The van der Waals surface area contributed by atoms with Gasteiger partial charge in [0.25, 0.3) is 0 Å². The number of carboxylic acid groups (broad SMARTS) is 1. The first-order valence-electron chi connectivity index (χ1n) is 12.5. The van der Waals surface area contributed by atoms with Gasteiger partial charge in [-0.25, -0.2) is 9.59 Å². The van der Waals surface area contributed by atoms with E-state index in [0.29, 0.717) is 19.4 Å². The van der Waals surface area contributed by atoms with Crippen LogP contribution in [0.3, 0.4) is 0 Å². The molecule has 0 unspecified atom stereocenters. The van der Waals surface area contributed by atoms with Crippen LogP contribution in [0.2, 0.25) is 0 Å². The summed E-state index contributed by atoms with van der Waals surface area (Å²) in [5.74, 6) is -0.380. The minimum Gasteiger partial charge on any atom is -0.465 e. The highest BCUT2D eigenvalue weighted by molar-refractivity contribution is 5.81. The van der Waals surface area contributed by atoms with E-state index in [1.807, 2.05) is 37.3 Å². The number of carbonyl (C=O) groups is 2. The number of esters is 1. The van der Waals surface area contributed by atoms with E-state index in [0.717, 1.165) is 18.4 Å². The summed E-state index contributed by atoms with van der Waals surface area (Å²) < 4.78 is 12.4. The molecular formula is C29H39NO5. The van der Waals surface area contributed by atoms with Crippen molar-refractivity contribution in [1.82, 2.24) is 4.90 Å². The third-order valence-electron chi connectivity index (χ3n) is 6.70. The van der Waals surface area contributed by atoms with E-state index in [1.54, 1.807) is 20.8 Å². The summed E-state index contributed by atoms with van der Waals surface area (Å²) in [6, 6.07) is 17.6. The van der Waals surface area contributed by atoms with Gasteiger partial charge in [0.2, 0.25) is 0 Å². The Morgan fingerprint density at radius 3 is 2.31 bits per heavy atom. The summed E-state index contributed by atoms with van der Waals surface area (Å²) >= 11 is 0. The lowest BCUT2D eigenvalue weighted by molar-refractivity contribution is -0.166. The number of hydrogen-bond donors (Lipinski definition) is 1. The molecule has 0 radical (unpaired) electrons. The van der Waals surface area contributed by atoms with Crippen molar-refractivity contribution >= 4 is 12.1 Å². The molecule has 35 heavy (non-hydrogen) atoms. The molecule has 2 aromatic rings. The average molecular weight is 482 g/mol. The first kappa shape index (κ1) is 26.7. The van der Waals surface area contributed by atoms with Crippen LogP contribution >= 0.6 is 0 Å². The molecule has 1 heterocycles. The molecule has 4 atom stereocenters. The molecule has 0 saturated carbocycles. The summed E-state index contributed by atoms with van der Waals surface area (Å²) in [6.45, 7) is 9.76. The number of rotatable bonds is 6. The van der Waals surface area contributed by atoms with Gasteiger partial charge < -0.3 is 14.6 Å². The Morgan fingerprint density at radius 2 is 1.71 bits per heavy atom. The van der Waals surface area contributed by atoms with Gasteiger partial charge >= 0.3 is 12.1 Å². The second-order valence-electron chi connectivity index (χ2n) is 10.6. The molecule has 1 aliphatic rings. The zero-order valence-corrected chi connectivity index (χ0v) is 21.6. The minimum atomic E-state index is -1.11. The molecule has 6 heteroatoms. The molecule has 0 spiro atoms. The van der Waals surface area contributed by atoms with Crippen molar-refractivity contribution in [2.75, 3.05) is 0 Å². The van der Waals surface area contributed by atoms with Crippen molar-refractivity contribution in [2.45, 2.75) is 90.7 Å². The van der Waals surface area contributed by atoms with E-state index >= 15 is 0 Å². The summed E-state index contributed by atoms with van der Waals surface area (Å²) in [5, 5.41) is 9.90. The lowest BCUT2D eigenvalue weighted by Gasteiger charge is -2.38. The lowest BCUT2D eigenvalue weighted by atomic mass is 9.86. The van der Waals surface area contributed by atoms with Crippen LogP contribution in [0.4, 0.5) is 4.79 Å². The Balaban J connectivity index is 1.87. The molecule has 0 aliphatic carbocycles. The SMILES string of the molecule is Cc1ccc(C[C@H]2CCC[C@H](N(C(=O)O)C(C)(C)C)C(=O)O[C@@H](C)[C@@H]2OCc2ccccc2)cc1. The Kier molecular flexibility index (Phi) is 8.95. The molecule has 2 aromatic carbocycles. The topological polar surface area (TPSA) is 76.1 Å². The van der Waals surface area contributed by atoms with Gasteiger partial charge in [0.05, 0.1) is 12.7 Å². The van der Waals surface area contributed by atoms with Gasteiger partial charge in [-0.1, -0.05) is 66.6 Å². The quantitative estimate of drug-likeness (QED) is 0.512. The van der Waals surface area contributed by atoms with Crippen LogP contribution in [0.1, 0.15) is 63.6 Å². The summed E-state index contributed by atoms with van der Waals surface area (Å²) in [7, 11) is 0. The molecule has 1 fully saturated rings. The van der Waals surface area contributed by atoms with Crippen molar-refractivity contribution in [3.05, 3.63) is 71.3 Å². The molecule has 1 N–H and O–H groups in total. The van der Waals surface area contributed by atoms with Gasteiger partial charge in [-0.3, -0.25) is 4.90 Å². The van der Waals surface area contributed by atoms with Crippen LogP contribution < -0.4 is 0 Å². The van der Waals surface area contributed by atoms with Gasteiger partial charge in [0.1, 0.15) is 12.1 Å². The van der Waals surface area contributed by atoms with Crippen molar-refractivity contribution in [3.8, 4) is 0 Å². The second-order valence-corrected chi connectivity index (χ2v) is 10.6. The third-order valence-corrected chi connectivity index (χ3v) is 6.70. The van der Waals surface area contributed by atoms with Crippen molar-refractivity contribution in [2.24, 2.45) is 5.92 Å². The molecule has 1 saturated heterocycles. The number of ether oxygens (including phenoxy) is 2. The van der Waals surface area contributed by atoms with Gasteiger partial charge in [0.15, 0.2) is 0 Å². The summed E-state index contributed by atoms with van der Waals surface area (Å²) in [4.78, 5) is 26.6. The first-order chi connectivity index (χ1) is 16.6. The fraction of sp³-hybridized carbons (Fsp3) is 0.517. The van der Waals surface area contributed by atoms with Crippen molar-refractivity contribution in [1.29, 1.82) is 0 Å². The maximum atomic E-state index is 13.3. The largest absolute Gasteiger partial charge is 0.465 e. The standard InChI is InChI=1S/C29H39NO5/c1-20-14-16-22(17-15-20)18-24-12-9-13-25(30(28(32)33)29(3,4)5)27(31)35-21(2)26(24)34-19-23-10-7-6-8-11-23/h6-8,10-11,14-17,21,24-26H,9,12-13,18-19H2,1-5H3,(H,32,33)/t21-,24+,25-,26-/m0/s1. The number of aryl methyl sites for hydroxylation is 1. The second kappa shape index (κ2) is 11.7. The van der Waals surface area contributed by atoms with Crippen LogP contribution in [0.5, 0.6) is 0 Å². The number of cyclic esters (lactones) is 1. The maximum Gasteiger partial charge on any atom is 0.408 e. The Hall–Kier alpha value is -2.86. The third kappa shape index (κ3) is 7.31. The Bertz CT molecular complexity index is 967. The summed E-state index contributed by atoms with van der Waals surface area (Å²) in [6.07, 6.45) is 0.791. The van der Waals surface area contributed by atoms with Gasteiger partial charge in [-0.05, 0) is 70.9 Å². The lowest BCUT2D eigenvalue weighted by Crippen LogP contribution is -2.55. The van der Waals surface area contributed by atoms with Gasteiger partial charge in [-0.2, -0.15) is 0 Å². The highest BCUT2D eigenvalue weighted by Gasteiger charge is 2.41. The molecule has 6 nitrogen and oxygen atoms in total. The molecule has 1 aliphatic heterocycles. The molecule has 0 aromatic heterocycles. The normalized spacial score (nSPS) is 23.5. The van der Waals surface area contributed by atoms with Crippen LogP contribution in [0, 0.1) is 12.8 Å². The molecular weight excluding hydrogens is 442 g/mol. The number of nitrogens with zero attached hydrogens (tertiary/aromatic N) is 1. The molecule has 190 valence electrons. The fourth-order valence-electron chi connectivity index (χ4n) is 4.97. The zero-order valence-electron chi connectivity index (χ0n) is 21.6. The van der Waals surface area contributed by atoms with Crippen LogP contribution in [0.25, 0.3) is 0 Å². The van der Waals surface area contributed by atoms with Crippen molar-refractivity contribution in [3.63, 3.8) is 0 Å². The van der Waals surface area contributed by atoms with E-state index in [4.69, 9.17) is 9.47 Å². The van der Waals surface area contributed by atoms with Gasteiger partial charge in [0, 0.05) is 5.54 Å². The summed E-state index contributed by atoms with van der Waals surface area (Å²) in [5.41, 5.74) is 2.76. The van der Waals surface area contributed by atoms with E-state index in [9.17, 15) is 14.7 Å². The minimum absolute atomic E-state index is 0.121. The molecule has 3 rings (SSSR count). The van der Waals surface area contributed by atoms with E-state index in [1.165, 1.54) is 16.0 Å². The van der Waals surface area contributed by atoms with E-state index < -0.39 is 29.7 Å². The maximum absolute atomic E-state index is 13.3. The predicted molar refractivity (Wildman–Crippen MR) is 136 cm³/mol. The Labute approximate surface area is 209 Å². The van der Waals surface area contributed by atoms with E-state index in [-0.39, 0.29) is 12.0 Å². The van der Waals surface area contributed by atoms with Crippen molar-refractivity contribution < 1.29 is 24.2 Å². The van der Waals surface area contributed by atoms with Gasteiger partial charge in [-0.15, -0.1) is 0 Å². The van der Waals surface area contributed by atoms with E-state index in [2.05, 4.69) is 31.2 Å². The van der Waals surface area contributed by atoms with Crippen LogP contribution in [0.15, 0.2) is 54.6 Å². The highest BCUT2D eigenvalue weighted by Crippen LogP contribution is 2.31. The first-order valence-corrected chi connectivity index (χ1v) is 12.5. The predicted octanol–water partition coefficient (Wildman–Crippen LogP) is 6.00. The van der Waals surface area contributed by atoms with Crippen LogP contribution in [-0.4, -0.2) is 45.9 Å². The smallest absolute Gasteiger partial charge is 0.408 e.